The van der Waals surface area contributed by atoms with Gasteiger partial charge in [0.15, 0.2) is 5.75 Å². The van der Waals surface area contributed by atoms with Gasteiger partial charge in [0.1, 0.15) is 0 Å². The zero-order valence-corrected chi connectivity index (χ0v) is 17.1. The van der Waals surface area contributed by atoms with Crippen LogP contribution in [0.3, 0.4) is 0 Å². The molecule has 4 rings (SSSR count). The number of hydrogen-bond acceptors (Lipinski definition) is 6. The highest BCUT2D eigenvalue weighted by Gasteiger charge is 2.33. The van der Waals surface area contributed by atoms with Crippen molar-refractivity contribution in [2.45, 2.75) is 38.6 Å². The molecule has 0 amide bonds. The zero-order valence-electron chi connectivity index (χ0n) is 17.1. The van der Waals surface area contributed by atoms with E-state index in [2.05, 4.69) is 36.5 Å². The first-order chi connectivity index (χ1) is 14.4. The van der Waals surface area contributed by atoms with Crippen LogP contribution in [0.5, 0.6) is 11.5 Å². The van der Waals surface area contributed by atoms with E-state index in [4.69, 9.17) is 9.47 Å². The van der Waals surface area contributed by atoms with Gasteiger partial charge in [-0.25, -0.2) is 9.59 Å². The number of carbonyl (C=O) groups is 2. The van der Waals surface area contributed by atoms with Crippen LogP contribution >= 0.6 is 0 Å². The molecule has 1 aliphatic carbocycles. The highest BCUT2D eigenvalue weighted by atomic mass is 16.6. The highest BCUT2D eigenvalue weighted by Crippen LogP contribution is 2.40. The monoisotopic (exact) mass is 408 g/mol. The Hall–Kier alpha value is -3.19. The molecule has 1 aromatic heterocycles. The quantitative estimate of drug-likeness (QED) is 0.781. The summed E-state index contributed by atoms with van der Waals surface area (Å²) in [5, 5.41) is 3.53. The van der Waals surface area contributed by atoms with Crippen molar-refractivity contribution < 1.29 is 19.1 Å². The average Bonchev–Trinajstić information content (AvgIpc) is 2.73. The van der Waals surface area contributed by atoms with Crippen LogP contribution in [0.2, 0.25) is 0 Å². The van der Waals surface area contributed by atoms with Gasteiger partial charge in [0.2, 0.25) is 5.75 Å². The number of aryl methyl sites for hydroxylation is 1. The van der Waals surface area contributed by atoms with Gasteiger partial charge in [0, 0.05) is 36.5 Å². The summed E-state index contributed by atoms with van der Waals surface area (Å²) < 4.78 is 12.2. The molecule has 2 heterocycles. The van der Waals surface area contributed by atoms with Crippen molar-refractivity contribution in [3.05, 3.63) is 69.2 Å². The number of benzene rings is 1. The molecule has 0 saturated heterocycles. The Kier molecular flexibility index (Phi) is 5.55. The first-order valence-electron chi connectivity index (χ1n) is 10.1. The van der Waals surface area contributed by atoms with Gasteiger partial charge < -0.3 is 19.4 Å². The predicted octanol–water partition coefficient (Wildman–Crippen LogP) is 2.28. The smallest absolute Gasteiger partial charge is 0.336 e. The van der Waals surface area contributed by atoms with Crippen LogP contribution in [-0.4, -0.2) is 23.1 Å². The lowest BCUT2D eigenvalue weighted by Crippen LogP contribution is -2.34. The average molecular weight is 408 g/mol. The minimum atomic E-state index is -0.773. The van der Waals surface area contributed by atoms with Crippen molar-refractivity contribution in [3.63, 3.8) is 0 Å². The van der Waals surface area contributed by atoms with Gasteiger partial charge in [-0.2, -0.15) is 0 Å². The summed E-state index contributed by atoms with van der Waals surface area (Å²) in [6.45, 7) is 2.78. The standard InChI is InChI=1S/C23H24N2O5/c1-14-6-8-15(9-7-14)12-13-24-16-4-3-5-17-20(16)21-22(23(28)25(17)2)30-19(27)11-10-18(26)29-21/h6-11,16,24H,3-5,12-13H2,1-2H3/b11-10+. The minimum Gasteiger partial charge on any atom is -0.419 e. The van der Waals surface area contributed by atoms with Crippen LogP contribution in [0, 0.1) is 6.92 Å². The fraction of sp³-hybridized carbons (Fsp3) is 0.348. The minimum absolute atomic E-state index is 0.0586. The number of nitrogens with zero attached hydrogens (tertiary/aromatic N) is 1. The number of rotatable bonds is 4. The maximum absolute atomic E-state index is 12.8. The van der Waals surface area contributed by atoms with E-state index in [9.17, 15) is 14.4 Å². The number of hydrogen-bond donors (Lipinski definition) is 1. The number of nitrogens with one attached hydrogen (secondary N) is 1. The van der Waals surface area contributed by atoms with Crippen molar-refractivity contribution >= 4 is 11.9 Å². The molecule has 0 radical (unpaired) electrons. The number of carbonyl (C=O) groups excluding carboxylic acids is 2. The van der Waals surface area contributed by atoms with E-state index in [0.717, 1.165) is 49.2 Å². The third-order valence-corrected chi connectivity index (χ3v) is 5.61. The normalized spacial score (nSPS) is 19.1. The first-order valence-corrected chi connectivity index (χ1v) is 10.1. The summed E-state index contributed by atoms with van der Waals surface area (Å²) >= 11 is 0. The molecule has 1 aromatic carbocycles. The molecule has 1 atom stereocenters. The van der Waals surface area contributed by atoms with E-state index in [0.29, 0.717) is 6.42 Å². The molecule has 0 spiro atoms. The Morgan fingerprint density at radius 2 is 1.70 bits per heavy atom. The van der Waals surface area contributed by atoms with Crippen LogP contribution < -0.4 is 20.3 Å². The molecule has 0 saturated carbocycles. The summed E-state index contributed by atoms with van der Waals surface area (Å²) in [7, 11) is 1.65. The Balaban J connectivity index is 1.67. The zero-order chi connectivity index (χ0) is 21.3. The molecule has 0 bridgehead atoms. The summed E-state index contributed by atoms with van der Waals surface area (Å²) in [5.41, 5.74) is 3.48. The van der Waals surface area contributed by atoms with Crippen molar-refractivity contribution in [3.8, 4) is 11.5 Å². The molecular formula is C23H24N2O5. The molecular weight excluding hydrogens is 384 g/mol. The lowest BCUT2D eigenvalue weighted by Gasteiger charge is -2.30. The van der Waals surface area contributed by atoms with Gasteiger partial charge in [-0.05, 0) is 44.7 Å². The molecule has 7 nitrogen and oxygen atoms in total. The number of ether oxygens (including phenoxy) is 2. The second-order valence-electron chi connectivity index (χ2n) is 7.69. The maximum atomic E-state index is 12.8. The fourth-order valence-electron chi connectivity index (χ4n) is 4.03. The molecule has 2 aliphatic rings. The van der Waals surface area contributed by atoms with Crippen molar-refractivity contribution in [2.24, 2.45) is 7.05 Å². The van der Waals surface area contributed by atoms with Gasteiger partial charge in [0.25, 0.3) is 5.56 Å². The second kappa shape index (κ2) is 8.28. The molecule has 1 aliphatic heterocycles. The lowest BCUT2D eigenvalue weighted by atomic mass is 9.89. The maximum Gasteiger partial charge on any atom is 0.336 e. The molecule has 156 valence electrons. The summed E-state index contributed by atoms with van der Waals surface area (Å²) in [5.74, 6) is -1.65. The SMILES string of the molecule is Cc1ccc(CCNC2CCCc3c2c2c(c(=O)n3C)OC(=O)/C=C/C(=O)O2)cc1. The topological polar surface area (TPSA) is 86.6 Å². The molecule has 7 heteroatoms. The van der Waals surface area contributed by atoms with Gasteiger partial charge in [-0.1, -0.05) is 29.8 Å². The van der Waals surface area contributed by atoms with Crippen LogP contribution in [0.1, 0.15) is 41.3 Å². The van der Waals surface area contributed by atoms with E-state index in [1.165, 1.54) is 15.7 Å². The van der Waals surface area contributed by atoms with Crippen LogP contribution in [0.25, 0.3) is 0 Å². The van der Waals surface area contributed by atoms with Crippen molar-refractivity contribution in [1.82, 2.24) is 9.88 Å². The Morgan fingerprint density at radius 1 is 1.03 bits per heavy atom. The number of fused-ring (bicyclic) bond motifs is 3. The lowest BCUT2D eigenvalue weighted by molar-refractivity contribution is -0.133. The van der Waals surface area contributed by atoms with Crippen LogP contribution in [0.4, 0.5) is 0 Å². The molecule has 2 aromatic rings. The van der Waals surface area contributed by atoms with Crippen molar-refractivity contribution in [2.75, 3.05) is 6.54 Å². The fourth-order valence-corrected chi connectivity index (χ4v) is 4.03. The van der Waals surface area contributed by atoms with E-state index >= 15 is 0 Å². The van der Waals surface area contributed by atoms with E-state index in [1.54, 1.807) is 7.05 Å². The molecule has 0 fully saturated rings. The Labute approximate surface area is 174 Å². The van der Waals surface area contributed by atoms with Crippen LogP contribution in [0.15, 0.2) is 41.2 Å². The molecule has 30 heavy (non-hydrogen) atoms. The third-order valence-electron chi connectivity index (χ3n) is 5.61. The van der Waals surface area contributed by atoms with Gasteiger partial charge >= 0.3 is 11.9 Å². The number of esters is 2. The second-order valence-corrected chi connectivity index (χ2v) is 7.69. The third kappa shape index (κ3) is 3.93. The summed E-state index contributed by atoms with van der Waals surface area (Å²) in [6.07, 6.45) is 5.23. The van der Waals surface area contributed by atoms with Crippen LogP contribution in [-0.2, 0) is 29.5 Å². The Morgan fingerprint density at radius 3 is 2.40 bits per heavy atom. The van der Waals surface area contributed by atoms with Gasteiger partial charge in [0.05, 0.1) is 0 Å². The first kappa shape index (κ1) is 20.1. The van der Waals surface area contributed by atoms with Crippen molar-refractivity contribution in [1.29, 1.82) is 0 Å². The molecule has 1 unspecified atom stereocenters. The predicted molar refractivity (Wildman–Crippen MR) is 111 cm³/mol. The van der Waals surface area contributed by atoms with Gasteiger partial charge in [-0.15, -0.1) is 0 Å². The summed E-state index contributed by atoms with van der Waals surface area (Å²) in [4.78, 5) is 36.8. The van der Waals surface area contributed by atoms with E-state index in [-0.39, 0.29) is 17.5 Å². The Bertz CT molecular complexity index is 1080. The summed E-state index contributed by atoms with van der Waals surface area (Å²) in [6, 6.07) is 8.28. The van der Waals surface area contributed by atoms with E-state index < -0.39 is 17.5 Å². The molecule has 1 N–H and O–H groups in total. The van der Waals surface area contributed by atoms with E-state index in [1.807, 2.05) is 0 Å². The number of pyridine rings is 1. The number of aromatic nitrogens is 1. The highest BCUT2D eigenvalue weighted by molar-refractivity contribution is 5.95. The van der Waals surface area contributed by atoms with Gasteiger partial charge in [-0.3, -0.25) is 4.79 Å². The largest absolute Gasteiger partial charge is 0.419 e.